The van der Waals surface area contributed by atoms with Crippen LogP contribution in [0.4, 0.5) is 4.79 Å². The maximum atomic E-state index is 11.8. The number of aliphatic carboxylic acids is 1. The van der Waals surface area contributed by atoms with Gasteiger partial charge < -0.3 is 15.3 Å². The topological polar surface area (TPSA) is 69.6 Å². The molecule has 5 nitrogen and oxygen atoms in total. The molecule has 0 aromatic rings. The summed E-state index contributed by atoms with van der Waals surface area (Å²) in [6, 6.07) is -0.185. The van der Waals surface area contributed by atoms with Crippen molar-refractivity contribution in [2.24, 2.45) is 5.41 Å². The molecule has 17 heavy (non-hydrogen) atoms. The van der Waals surface area contributed by atoms with Gasteiger partial charge in [0.15, 0.2) is 0 Å². The largest absolute Gasteiger partial charge is 0.481 e. The zero-order valence-corrected chi connectivity index (χ0v) is 11.2. The molecule has 0 unspecified atom stereocenters. The Bertz CT molecular complexity index is 264. The minimum absolute atomic E-state index is 0.143. The molecule has 100 valence electrons. The Morgan fingerprint density at radius 3 is 2.29 bits per heavy atom. The number of nitrogens with zero attached hydrogens (tertiary/aromatic N) is 1. The average molecular weight is 244 g/mol. The first-order valence-corrected chi connectivity index (χ1v) is 6.11. The molecule has 5 heteroatoms. The van der Waals surface area contributed by atoms with Gasteiger partial charge >= 0.3 is 12.0 Å². The first-order chi connectivity index (χ1) is 7.85. The van der Waals surface area contributed by atoms with E-state index in [0.717, 1.165) is 12.8 Å². The second-order valence-electron chi connectivity index (χ2n) is 4.78. The van der Waals surface area contributed by atoms with Crippen LogP contribution < -0.4 is 5.32 Å². The molecule has 2 N–H and O–H groups in total. The number of carbonyl (C=O) groups excluding carboxylic acids is 1. The van der Waals surface area contributed by atoms with Crippen LogP contribution in [0, 0.1) is 5.41 Å². The third kappa shape index (κ3) is 5.56. The Balaban J connectivity index is 4.19. The Labute approximate surface area is 103 Å². The van der Waals surface area contributed by atoms with Crippen molar-refractivity contribution >= 4 is 12.0 Å². The molecule has 0 aromatic carbocycles. The third-order valence-corrected chi connectivity index (χ3v) is 2.71. The predicted molar refractivity (Wildman–Crippen MR) is 67.0 cm³/mol. The summed E-state index contributed by atoms with van der Waals surface area (Å²) in [5.41, 5.74) is -0.931. The minimum atomic E-state index is -0.931. The number of amides is 2. The SMILES string of the molecule is CCCCN(CC)C(=O)NCC(C)(C)C(=O)O. The van der Waals surface area contributed by atoms with E-state index in [1.54, 1.807) is 18.7 Å². The van der Waals surface area contributed by atoms with E-state index >= 15 is 0 Å². The van der Waals surface area contributed by atoms with Crippen LogP contribution in [0.25, 0.3) is 0 Å². The fourth-order valence-electron chi connectivity index (χ4n) is 1.24. The Hall–Kier alpha value is -1.26. The molecular weight excluding hydrogens is 220 g/mol. The van der Waals surface area contributed by atoms with E-state index in [0.29, 0.717) is 13.1 Å². The molecule has 0 saturated heterocycles. The monoisotopic (exact) mass is 244 g/mol. The van der Waals surface area contributed by atoms with Crippen LogP contribution in [-0.4, -0.2) is 41.6 Å². The molecule has 0 bridgehead atoms. The predicted octanol–water partition coefficient (Wildman–Crippen LogP) is 1.93. The lowest BCUT2D eigenvalue weighted by Gasteiger charge is -2.25. The van der Waals surface area contributed by atoms with Gasteiger partial charge in [0.1, 0.15) is 0 Å². The van der Waals surface area contributed by atoms with Crippen LogP contribution in [0.15, 0.2) is 0 Å². The van der Waals surface area contributed by atoms with E-state index in [4.69, 9.17) is 5.11 Å². The molecule has 0 aliphatic carbocycles. The number of unbranched alkanes of at least 4 members (excludes halogenated alkanes) is 1. The smallest absolute Gasteiger partial charge is 0.317 e. The van der Waals surface area contributed by atoms with Crippen LogP contribution >= 0.6 is 0 Å². The van der Waals surface area contributed by atoms with Crippen molar-refractivity contribution in [3.63, 3.8) is 0 Å². The molecule has 0 atom stereocenters. The Kier molecular flexibility index (Phi) is 6.61. The van der Waals surface area contributed by atoms with Crippen molar-refractivity contribution in [1.82, 2.24) is 10.2 Å². The van der Waals surface area contributed by atoms with Crippen LogP contribution in [0.1, 0.15) is 40.5 Å². The quantitative estimate of drug-likeness (QED) is 0.719. The number of carboxylic acid groups (broad SMARTS) is 1. The molecule has 0 spiro atoms. The minimum Gasteiger partial charge on any atom is -0.481 e. The van der Waals surface area contributed by atoms with Gasteiger partial charge in [-0.15, -0.1) is 0 Å². The van der Waals surface area contributed by atoms with Crippen LogP contribution in [-0.2, 0) is 4.79 Å². The summed E-state index contributed by atoms with van der Waals surface area (Å²) < 4.78 is 0. The van der Waals surface area contributed by atoms with Crippen LogP contribution in [0.2, 0.25) is 0 Å². The normalized spacial score (nSPS) is 11.1. The van der Waals surface area contributed by atoms with Crippen molar-refractivity contribution in [3.8, 4) is 0 Å². The van der Waals surface area contributed by atoms with Gasteiger partial charge in [-0.3, -0.25) is 4.79 Å². The highest BCUT2D eigenvalue weighted by atomic mass is 16.4. The third-order valence-electron chi connectivity index (χ3n) is 2.71. The molecule has 0 aliphatic rings. The van der Waals surface area contributed by atoms with Gasteiger partial charge in [-0.25, -0.2) is 4.79 Å². The van der Waals surface area contributed by atoms with Crippen LogP contribution in [0.5, 0.6) is 0 Å². The molecule has 0 heterocycles. The first-order valence-electron chi connectivity index (χ1n) is 6.11. The molecule has 0 fully saturated rings. The second kappa shape index (κ2) is 7.14. The average Bonchev–Trinajstić information content (AvgIpc) is 2.27. The van der Waals surface area contributed by atoms with E-state index in [-0.39, 0.29) is 12.6 Å². The van der Waals surface area contributed by atoms with Crippen molar-refractivity contribution in [3.05, 3.63) is 0 Å². The van der Waals surface area contributed by atoms with Gasteiger partial charge in [0, 0.05) is 19.6 Å². The maximum absolute atomic E-state index is 11.8. The highest BCUT2D eigenvalue weighted by Gasteiger charge is 2.28. The van der Waals surface area contributed by atoms with Crippen molar-refractivity contribution in [2.75, 3.05) is 19.6 Å². The van der Waals surface area contributed by atoms with E-state index in [2.05, 4.69) is 12.2 Å². The fourth-order valence-corrected chi connectivity index (χ4v) is 1.24. The van der Waals surface area contributed by atoms with Gasteiger partial charge in [0.05, 0.1) is 5.41 Å². The number of hydrogen-bond acceptors (Lipinski definition) is 2. The molecule has 0 aromatic heterocycles. The summed E-state index contributed by atoms with van der Waals surface area (Å²) >= 11 is 0. The van der Waals surface area contributed by atoms with Crippen molar-refractivity contribution in [1.29, 1.82) is 0 Å². The molecule has 2 amide bonds. The lowest BCUT2D eigenvalue weighted by molar-refractivity contribution is -0.146. The summed E-state index contributed by atoms with van der Waals surface area (Å²) in [4.78, 5) is 24.3. The number of carbonyl (C=O) groups is 2. The number of hydrogen-bond donors (Lipinski definition) is 2. The van der Waals surface area contributed by atoms with Crippen molar-refractivity contribution < 1.29 is 14.7 Å². The zero-order valence-electron chi connectivity index (χ0n) is 11.2. The molecular formula is C12H24N2O3. The molecule has 0 radical (unpaired) electrons. The highest BCUT2D eigenvalue weighted by Crippen LogP contribution is 2.13. The molecule has 0 saturated carbocycles. The summed E-state index contributed by atoms with van der Waals surface area (Å²) in [5, 5.41) is 11.6. The van der Waals surface area contributed by atoms with Gasteiger partial charge in [-0.05, 0) is 27.2 Å². The first kappa shape index (κ1) is 15.7. The fraction of sp³-hybridized carbons (Fsp3) is 0.833. The van der Waals surface area contributed by atoms with Gasteiger partial charge in [0.2, 0.25) is 0 Å². The lowest BCUT2D eigenvalue weighted by Crippen LogP contribution is -2.45. The molecule has 0 rings (SSSR count). The number of urea groups is 1. The van der Waals surface area contributed by atoms with Gasteiger partial charge in [0.25, 0.3) is 0 Å². The number of rotatable bonds is 7. The Morgan fingerprint density at radius 2 is 1.88 bits per heavy atom. The summed E-state index contributed by atoms with van der Waals surface area (Å²) in [6.07, 6.45) is 1.99. The van der Waals surface area contributed by atoms with Gasteiger partial charge in [-0.2, -0.15) is 0 Å². The number of nitrogens with one attached hydrogen (secondary N) is 1. The number of carboxylic acids is 1. The summed E-state index contributed by atoms with van der Waals surface area (Å²) in [6.45, 7) is 8.67. The lowest BCUT2D eigenvalue weighted by atomic mass is 9.94. The highest BCUT2D eigenvalue weighted by molar-refractivity contribution is 5.77. The standard InChI is InChI=1S/C12H24N2O3/c1-5-7-8-14(6-2)11(17)13-9-12(3,4)10(15)16/h5-9H2,1-4H3,(H,13,17)(H,15,16). The van der Waals surface area contributed by atoms with E-state index in [1.807, 2.05) is 6.92 Å². The Morgan fingerprint density at radius 1 is 1.29 bits per heavy atom. The van der Waals surface area contributed by atoms with E-state index in [1.165, 1.54) is 0 Å². The maximum Gasteiger partial charge on any atom is 0.317 e. The summed E-state index contributed by atoms with van der Waals surface area (Å²) in [5.74, 6) is -0.908. The van der Waals surface area contributed by atoms with E-state index < -0.39 is 11.4 Å². The summed E-state index contributed by atoms with van der Waals surface area (Å²) in [7, 11) is 0. The van der Waals surface area contributed by atoms with Crippen molar-refractivity contribution in [2.45, 2.75) is 40.5 Å². The zero-order chi connectivity index (χ0) is 13.5. The molecule has 0 aliphatic heterocycles. The second-order valence-corrected chi connectivity index (χ2v) is 4.78. The van der Waals surface area contributed by atoms with E-state index in [9.17, 15) is 9.59 Å². The van der Waals surface area contributed by atoms with Crippen LogP contribution in [0.3, 0.4) is 0 Å². The van der Waals surface area contributed by atoms with Gasteiger partial charge in [-0.1, -0.05) is 13.3 Å².